The van der Waals surface area contributed by atoms with E-state index in [2.05, 4.69) is 17.6 Å². The Labute approximate surface area is 155 Å². The van der Waals surface area contributed by atoms with Crippen molar-refractivity contribution in [3.63, 3.8) is 0 Å². The maximum absolute atomic E-state index is 12.1. The Bertz CT molecular complexity index is 646. The SMILES string of the molecule is CC1(CNC(=O)NCCC2COc3ccccc3O2)CCC2(CC1)CC2. The third kappa shape index (κ3) is 4.08. The van der Waals surface area contributed by atoms with E-state index in [0.717, 1.165) is 24.5 Å². The highest BCUT2D eigenvalue weighted by atomic mass is 16.6. The number of amides is 2. The number of fused-ring (bicyclic) bond motifs is 1. The van der Waals surface area contributed by atoms with Crippen LogP contribution < -0.4 is 20.1 Å². The molecule has 2 fully saturated rings. The molecule has 5 heteroatoms. The first-order valence-corrected chi connectivity index (χ1v) is 9.96. The first-order valence-electron chi connectivity index (χ1n) is 9.96. The summed E-state index contributed by atoms with van der Waals surface area (Å²) in [4.78, 5) is 12.1. The van der Waals surface area contributed by atoms with Crippen molar-refractivity contribution in [1.29, 1.82) is 0 Å². The average Bonchev–Trinajstić information content (AvgIpc) is 3.43. The van der Waals surface area contributed by atoms with Gasteiger partial charge in [0.25, 0.3) is 0 Å². The molecule has 2 aliphatic carbocycles. The van der Waals surface area contributed by atoms with Crippen molar-refractivity contribution in [3.8, 4) is 11.5 Å². The van der Waals surface area contributed by atoms with E-state index in [-0.39, 0.29) is 17.6 Å². The molecule has 2 saturated carbocycles. The summed E-state index contributed by atoms with van der Waals surface area (Å²) < 4.78 is 11.6. The molecule has 0 saturated heterocycles. The van der Waals surface area contributed by atoms with E-state index in [1.165, 1.54) is 38.5 Å². The number of hydrogen-bond acceptors (Lipinski definition) is 3. The van der Waals surface area contributed by atoms with Crippen LogP contribution in [-0.4, -0.2) is 31.8 Å². The Morgan fingerprint density at radius 1 is 1.08 bits per heavy atom. The van der Waals surface area contributed by atoms with E-state index < -0.39 is 0 Å². The van der Waals surface area contributed by atoms with E-state index >= 15 is 0 Å². The highest BCUT2D eigenvalue weighted by Crippen LogP contribution is 2.59. The van der Waals surface area contributed by atoms with Crippen molar-refractivity contribution in [2.45, 2.75) is 58.0 Å². The molecular weight excluding hydrogens is 328 g/mol. The van der Waals surface area contributed by atoms with Gasteiger partial charge >= 0.3 is 6.03 Å². The van der Waals surface area contributed by atoms with Crippen molar-refractivity contribution >= 4 is 6.03 Å². The van der Waals surface area contributed by atoms with Crippen LogP contribution in [0.25, 0.3) is 0 Å². The quantitative estimate of drug-likeness (QED) is 0.840. The molecular formula is C21H30N2O3. The normalized spacial score (nSPS) is 24.7. The Hall–Kier alpha value is -1.91. The molecule has 1 atom stereocenters. The van der Waals surface area contributed by atoms with Gasteiger partial charge in [-0.25, -0.2) is 4.79 Å². The standard InChI is InChI=1S/C21H30N2O3/c1-20(7-9-21(10-8-20)11-12-21)15-23-19(24)22-13-6-16-14-25-17-4-2-3-5-18(17)26-16/h2-5,16H,6-15H2,1H3,(H2,22,23,24). The maximum atomic E-state index is 12.1. The van der Waals surface area contributed by atoms with Gasteiger partial charge in [0.1, 0.15) is 12.7 Å². The van der Waals surface area contributed by atoms with Crippen LogP contribution in [0, 0.1) is 10.8 Å². The molecule has 142 valence electrons. The molecule has 26 heavy (non-hydrogen) atoms. The molecule has 4 rings (SSSR count). The second-order valence-electron chi connectivity index (χ2n) is 8.71. The fraction of sp³-hybridized carbons (Fsp3) is 0.667. The first kappa shape index (κ1) is 17.5. The molecule has 1 aromatic rings. The molecule has 3 aliphatic rings. The molecule has 1 aliphatic heterocycles. The lowest BCUT2D eigenvalue weighted by molar-refractivity contribution is 0.0852. The number of para-hydroxylation sites is 2. The predicted octanol–water partition coefficient (Wildman–Crippen LogP) is 3.88. The lowest BCUT2D eigenvalue weighted by Gasteiger charge is -2.37. The number of carbonyl (C=O) groups is 1. The van der Waals surface area contributed by atoms with Crippen LogP contribution in [-0.2, 0) is 0 Å². The Balaban J connectivity index is 1.14. The first-order chi connectivity index (χ1) is 12.6. The zero-order valence-electron chi connectivity index (χ0n) is 15.7. The van der Waals surface area contributed by atoms with Crippen LogP contribution in [0.5, 0.6) is 11.5 Å². The van der Waals surface area contributed by atoms with Gasteiger partial charge in [0.05, 0.1) is 0 Å². The molecule has 2 amide bonds. The molecule has 1 spiro atoms. The third-order valence-corrected chi connectivity index (χ3v) is 6.47. The van der Waals surface area contributed by atoms with Crippen molar-refractivity contribution in [3.05, 3.63) is 24.3 Å². The Kier molecular flexibility index (Phi) is 4.72. The number of ether oxygens (including phenoxy) is 2. The van der Waals surface area contributed by atoms with E-state index in [0.29, 0.717) is 18.6 Å². The molecule has 1 heterocycles. The average molecular weight is 358 g/mol. The van der Waals surface area contributed by atoms with Gasteiger partial charge in [-0.15, -0.1) is 0 Å². The van der Waals surface area contributed by atoms with Gasteiger partial charge in [-0.3, -0.25) is 0 Å². The summed E-state index contributed by atoms with van der Waals surface area (Å²) in [7, 11) is 0. The summed E-state index contributed by atoms with van der Waals surface area (Å²) in [6.07, 6.45) is 8.72. The smallest absolute Gasteiger partial charge is 0.314 e. The minimum Gasteiger partial charge on any atom is -0.486 e. The monoisotopic (exact) mass is 358 g/mol. The summed E-state index contributed by atoms with van der Waals surface area (Å²) >= 11 is 0. The van der Waals surface area contributed by atoms with Crippen molar-refractivity contribution in [2.24, 2.45) is 10.8 Å². The van der Waals surface area contributed by atoms with Crippen LogP contribution in [0.3, 0.4) is 0 Å². The molecule has 2 N–H and O–H groups in total. The van der Waals surface area contributed by atoms with E-state index in [1.54, 1.807) is 0 Å². The lowest BCUT2D eigenvalue weighted by Crippen LogP contribution is -2.44. The molecule has 1 aromatic carbocycles. The third-order valence-electron chi connectivity index (χ3n) is 6.47. The van der Waals surface area contributed by atoms with Crippen LogP contribution >= 0.6 is 0 Å². The van der Waals surface area contributed by atoms with Crippen LogP contribution in [0.15, 0.2) is 24.3 Å². The summed E-state index contributed by atoms with van der Waals surface area (Å²) in [5.74, 6) is 1.58. The van der Waals surface area contributed by atoms with Crippen LogP contribution in [0.2, 0.25) is 0 Å². The maximum Gasteiger partial charge on any atom is 0.314 e. The van der Waals surface area contributed by atoms with Crippen molar-refractivity contribution in [2.75, 3.05) is 19.7 Å². The van der Waals surface area contributed by atoms with Gasteiger partial charge in [0, 0.05) is 19.5 Å². The fourth-order valence-electron chi connectivity index (χ4n) is 4.15. The number of carbonyl (C=O) groups excluding carboxylic acids is 1. The minimum absolute atomic E-state index is 0.0178. The summed E-state index contributed by atoms with van der Waals surface area (Å²) in [6, 6.07) is 7.63. The molecule has 0 bridgehead atoms. The Morgan fingerprint density at radius 3 is 2.50 bits per heavy atom. The number of rotatable bonds is 5. The van der Waals surface area contributed by atoms with Crippen molar-refractivity contribution < 1.29 is 14.3 Å². The number of benzene rings is 1. The lowest BCUT2D eigenvalue weighted by atomic mass is 9.70. The number of hydrogen-bond donors (Lipinski definition) is 2. The summed E-state index contributed by atoms with van der Waals surface area (Å²) in [5, 5.41) is 6.03. The van der Waals surface area contributed by atoms with Crippen molar-refractivity contribution in [1.82, 2.24) is 10.6 Å². The number of urea groups is 1. The summed E-state index contributed by atoms with van der Waals surface area (Å²) in [5.41, 5.74) is 0.956. The van der Waals surface area contributed by atoms with E-state index in [1.807, 2.05) is 24.3 Å². The zero-order chi connectivity index (χ0) is 18.0. The van der Waals surface area contributed by atoms with E-state index in [9.17, 15) is 4.79 Å². The van der Waals surface area contributed by atoms with Gasteiger partial charge in [-0.05, 0) is 61.5 Å². The second-order valence-corrected chi connectivity index (χ2v) is 8.71. The van der Waals surface area contributed by atoms with Crippen LogP contribution in [0.4, 0.5) is 4.79 Å². The largest absolute Gasteiger partial charge is 0.486 e. The topological polar surface area (TPSA) is 59.6 Å². The molecule has 0 radical (unpaired) electrons. The number of nitrogens with one attached hydrogen (secondary N) is 2. The predicted molar refractivity (Wildman–Crippen MR) is 101 cm³/mol. The van der Waals surface area contributed by atoms with Gasteiger partial charge in [-0.2, -0.15) is 0 Å². The molecule has 0 aromatic heterocycles. The zero-order valence-corrected chi connectivity index (χ0v) is 15.7. The Morgan fingerprint density at radius 2 is 1.77 bits per heavy atom. The van der Waals surface area contributed by atoms with Gasteiger partial charge in [0.2, 0.25) is 0 Å². The van der Waals surface area contributed by atoms with Gasteiger partial charge < -0.3 is 20.1 Å². The van der Waals surface area contributed by atoms with Gasteiger partial charge in [0.15, 0.2) is 11.5 Å². The highest BCUT2D eigenvalue weighted by Gasteiger charge is 2.47. The summed E-state index contributed by atoms with van der Waals surface area (Å²) in [6.45, 7) is 4.19. The van der Waals surface area contributed by atoms with Gasteiger partial charge in [-0.1, -0.05) is 19.1 Å². The second kappa shape index (κ2) is 7.01. The molecule has 5 nitrogen and oxygen atoms in total. The minimum atomic E-state index is -0.0740. The van der Waals surface area contributed by atoms with Crippen LogP contribution in [0.1, 0.15) is 51.9 Å². The van der Waals surface area contributed by atoms with E-state index in [4.69, 9.17) is 9.47 Å². The highest BCUT2D eigenvalue weighted by molar-refractivity contribution is 5.73. The fourth-order valence-corrected chi connectivity index (χ4v) is 4.15. The molecule has 1 unspecified atom stereocenters.